The minimum Gasteiger partial charge on any atom is -0.479 e. The second kappa shape index (κ2) is 7.89. The molecule has 0 spiro atoms. The Bertz CT molecular complexity index is 737. The molecule has 6 nitrogen and oxygen atoms in total. The van der Waals surface area contributed by atoms with Crippen LogP contribution in [0, 0.1) is 0 Å². The predicted molar refractivity (Wildman–Crippen MR) is 97.4 cm³/mol. The number of aromatic nitrogens is 2. The van der Waals surface area contributed by atoms with E-state index in [9.17, 15) is 4.79 Å². The smallest absolute Gasteiger partial charge is 0.263 e. The summed E-state index contributed by atoms with van der Waals surface area (Å²) in [5.74, 6) is 1.06. The first-order valence-corrected chi connectivity index (χ1v) is 8.72. The molecule has 1 fully saturated rings. The molecule has 1 aliphatic heterocycles. The van der Waals surface area contributed by atoms with Crippen molar-refractivity contribution in [3.05, 3.63) is 46.7 Å². The molecule has 0 bridgehead atoms. The van der Waals surface area contributed by atoms with Gasteiger partial charge in [0.25, 0.3) is 5.91 Å². The van der Waals surface area contributed by atoms with Crippen molar-refractivity contribution in [3.63, 3.8) is 0 Å². The minimum atomic E-state index is -0.627. The summed E-state index contributed by atoms with van der Waals surface area (Å²) in [5.41, 5.74) is 0. The highest BCUT2D eigenvalue weighted by molar-refractivity contribution is 6.35. The van der Waals surface area contributed by atoms with E-state index in [1.165, 1.54) is 0 Å². The predicted octanol–water partition coefficient (Wildman–Crippen LogP) is 2.90. The number of hydrogen-bond acceptors (Lipinski definition) is 5. The van der Waals surface area contributed by atoms with Gasteiger partial charge in [-0.15, -0.1) is 0 Å². The Morgan fingerprint density at radius 1 is 1.16 bits per heavy atom. The average molecular weight is 381 g/mol. The highest BCUT2D eigenvalue weighted by atomic mass is 35.5. The van der Waals surface area contributed by atoms with Gasteiger partial charge >= 0.3 is 0 Å². The summed E-state index contributed by atoms with van der Waals surface area (Å²) < 4.78 is 5.71. The van der Waals surface area contributed by atoms with Crippen LogP contribution >= 0.6 is 23.2 Å². The number of halogens is 2. The Balaban J connectivity index is 1.56. The number of anilines is 1. The van der Waals surface area contributed by atoms with Crippen molar-refractivity contribution >= 4 is 35.1 Å². The minimum absolute atomic E-state index is 0.0698. The molecule has 1 unspecified atom stereocenters. The summed E-state index contributed by atoms with van der Waals surface area (Å²) in [6.07, 6.45) is 2.80. The van der Waals surface area contributed by atoms with E-state index in [0.29, 0.717) is 47.9 Å². The van der Waals surface area contributed by atoms with E-state index in [0.717, 1.165) is 0 Å². The van der Waals surface area contributed by atoms with E-state index in [-0.39, 0.29) is 5.91 Å². The van der Waals surface area contributed by atoms with Crippen LogP contribution in [-0.4, -0.2) is 53.1 Å². The van der Waals surface area contributed by atoms with Crippen molar-refractivity contribution < 1.29 is 9.53 Å². The van der Waals surface area contributed by atoms with Crippen LogP contribution in [0.25, 0.3) is 0 Å². The van der Waals surface area contributed by atoms with Crippen molar-refractivity contribution in [2.45, 2.75) is 13.0 Å². The molecule has 1 aromatic heterocycles. The molecule has 1 atom stereocenters. The molecule has 1 aromatic carbocycles. The fourth-order valence-electron chi connectivity index (χ4n) is 2.65. The highest BCUT2D eigenvalue weighted by Crippen LogP contribution is 2.28. The van der Waals surface area contributed by atoms with Gasteiger partial charge in [-0.2, -0.15) is 0 Å². The van der Waals surface area contributed by atoms with Gasteiger partial charge in [0.2, 0.25) is 5.95 Å². The van der Waals surface area contributed by atoms with Crippen molar-refractivity contribution in [2.75, 3.05) is 31.1 Å². The average Bonchev–Trinajstić information content (AvgIpc) is 2.64. The van der Waals surface area contributed by atoms with E-state index in [4.69, 9.17) is 27.9 Å². The van der Waals surface area contributed by atoms with Gasteiger partial charge < -0.3 is 14.5 Å². The number of piperazine rings is 1. The summed E-state index contributed by atoms with van der Waals surface area (Å²) in [6, 6.07) is 6.72. The molecule has 132 valence electrons. The summed E-state index contributed by atoms with van der Waals surface area (Å²) in [6.45, 7) is 4.28. The number of carbonyl (C=O) groups excluding carboxylic acids is 1. The zero-order valence-corrected chi connectivity index (χ0v) is 15.2. The van der Waals surface area contributed by atoms with Crippen LogP contribution in [0.3, 0.4) is 0 Å². The lowest BCUT2D eigenvalue weighted by atomic mass is 10.2. The Kier molecular flexibility index (Phi) is 5.60. The Morgan fingerprint density at radius 2 is 1.84 bits per heavy atom. The van der Waals surface area contributed by atoms with Gasteiger partial charge in [-0.05, 0) is 31.2 Å². The van der Waals surface area contributed by atoms with Crippen LogP contribution in [-0.2, 0) is 4.79 Å². The second-order valence-electron chi connectivity index (χ2n) is 5.70. The molecule has 0 radical (unpaired) electrons. The molecule has 8 heteroatoms. The van der Waals surface area contributed by atoms with Crippen LogP contribution in [0.5, 0.6) is 5.75 Å². The van der Waals surface area contributed by atoms with Crippen LogP contribution in [0.15, 0.2) is 36.7 Å². The van der Waals surface area contributed by atoms with E-state index < -0.39 is 6.10 Å². The fourth-order valence-corrected chi connectivity index (χ4v) is 3.10. The Labute approximate surface area is 156 Å². The molecule has 2 aromatic rings. The topological polar surface area (TPSA) is 58.6 Å². The van der Waals surface area contributed by atoms with Gasteiger partial charge in [0.05, 0.1) is 5.02 Å². The number of hydrogen-bond donors (Lipinski definition) is 0. The van der Waals surface area contributed by atoms with E-state index in [1.807, 2.05) is 0 Å². The largest absolute Gasteiger partial charge is 0.479 e. The lowest BCUT2D eigenvalue weighted by molar-refractivity contribution is -0.138. The monoisotopic (exact) mass is 380 g/mol. The number of amides is 1. The number of nitrogens with zero attached hydrogens (tertiary/aromatic N) is 4. The third-order valence-electron chi connectivity index (χ3n) is 3.97. The second-order valence-corrected chi connectivity index (χ2v) is 6.54. The molecule has 1 aliphatic rings. The number of rotatable bonds is 4. The van der Waals surface area contributed by atoms with Crippen molar-refractivity contribution in [3.8, 4) is 5.75 Å². The molecular weight excluding hydrogens is 363 g/mol. The maximum atomic E-state index is 12.6. The third-order valence-corrected chi connectivity index (χ3v) is 4.50. The maximum absolute atomic E-state index is 12.6. The van der Waals surface area contributed by atoms with Gasteiger partial charge in [-0.3, -0.25) is 4.79 Å². The summed E-state index contributed by atoms with van der Waals surface area (Å²) in [5, 5.41) is 0.911. The fraction of sp³-hybridized carbons (Fsp3) is 0.353. The van der Waals surface area contributed by atoms with Crippen molar-refractivity contribution in [2.24, 2.45) is 0 Å². The lowest BCUT2D eigenvalue weighted by Crippen LogP contribution is -2.52. The number of ether oxygens (including phenoxy) is 1. The normalized spacial score (nSPS) is 15.8. The zero-order valence-electron chi connectivity index (χ0n) is 13.7. The Morgan fingerprint density at radius 3 is 2.48 bits per heavy atom. The van der Waals surface area contributed by atoms with E-state index in [2.05, 4.69) is 14.9 Å². The van der Waals surface area contributed by atoms with Crippen molar-refractivity contribution in [1.29, 1.82) is 0 Å². The summed E-state index contributed by atoms with van der Waals surface area (Å²) >= 11 is 12.0. The van der Waals surface area contributed by atoms with Gasteiger partial charge in [0.15, 0.2) is 6.10 Å². The van der Waals surface area contributed by atoms with Crippen LogP contribution in [0.4, 0.5) is 5.95 Å². The lowest BCUT2D eigenvalue weighted by Gasteiger charge is -2.35. The van der Waals surface area contributed by atoms with Crippen LogP contribution in [0.1, 0.15) is 6.92 Å². The molecule has 2 heterocycles. The molecule has 0 N–H and O–H groups in total. The Hall–Kier alpha value is -2.05. The molecule has 25 heavy (non-hydrogen) atoms. The van der Waals surface area contributed by atoms with Crippen LogP contribution < -0.4 is 9.64 Å². The first-order chi connectivity index (χ1) is 12.0. The van der Waals surface area contributed by atoms with Gasteiger partial charge in [0.1, 0.15) is 5.75 Å². The first-order valence-electron chi connectivity index (χ1n) is 7.97. The molecule has 1 saturated heterocycles. The van der Waals surface area contributed by atoms with E-state index in [1.54, 1.807) is 48.5 Å². The molecule has 0 saturated carbocycles. The molecule has 3 rings (SSSR count). The zero-order chi connectivity index (χ0) is 17.8. The molecule has 1 amide bonds. The van der Waals surface area contributed by atoms with Gasteiger partial charge in [-0.25, -0.2) is 9.97 Å². The molecular formula is C17H18Cl2N4O2. The summed E-state index contributed by atoms with van der Waals surface area (Å²) in [7, 11) is 0. The number of carbonyl (C=O) groups is 1. The first kappa shape index (κ1) is 17.8. The molecule has 0 aliphatic carbocycles. The maximum Gasteiger partial charge on any atom is 0.263 e. The van der Waals surface area contributed by atoms with E-state index >= 15 is 0 Å². The number of benzene rings is 1. The van der Waals surface area contributed by atoms with Gasteiger partial charge in [-0.1, -0.05) is 23.2 Å². The standard InChI is InChI=1S/C17H18Cl2N4O2/c1-12(25-15-4-3-13(18)11-14(15)19)16(24)22-7-9-23(10-8-22)17-20-5-2-6-21-17/h2-6,11-12H,7-10H2,1H3. The SMILES string of the molecule is CC(Oc1ccc(Cl)cc1Cl)C(=O)N1CCN(c2ncccn2)CC1. The third kappa shape index (κ3) is 4.32. The summed E-state index contributed by atoms with van der Waals surface area (Å²) in [4.78, 5) is 24.9. The van der Waals surface area contributed by atoms with Crippen molar-refractivity contribution in [1.82, 2.24) is 14.9 Å². The van der Waals surface area contributed by atoms with Crippen LogP contribution in [0.2, 0.25) is 10.0 Å². The highest BCUT2D eigenvalue weighted by Gasteiger charge is 2.27. The van der Waals surface area contributed by atoms with Gasteiger partial charge in [0, 0.05) is 43.6 Å². The quantitative estimate of drug-likeness (QED) is 0.815.